The third-order valence-corrected chi connectivity index (χ3v) is 9.07. The van der Waals surface area contributed by atoms with Gasteiger partial charge >= 0.3 is 13.6 Å². The second-order valence-corrected chi connectivity index (χ2v) is 11.8. The van der Waals surface area contributed by atoms with Crippen molar-refractivity contribution in [3.8, 4) is 0 Å². The lowest BCUT2D eigenvalue weighted by Gasteiger charge is -2.24. The number of alkyl halides is 1. The highest BCUT2D eigenvalue weighted by Crippen LogP contribution is 2.46. The van der Waals surface area contributed by atoms with Gasteiger partial charge in [0, 0.05) is 37.2 Å². The molecule has 0 saturated carbocycles. The van der Waals surface area contributed by atoms with Gasteiger partial charge in [0.25, 0.3) is 0 Å². The molecule has 1 saturated heterocycles. The molecule has 2 aromatic carbocycles. The van der Waals surface area contributed by atoms with E-state index in [2.05, 4.69) is 5.32 Å². The Morgan fingerprint density at radius 3 is 2.63 bits per heavy atom. The fourth-order valence-corrected chi connectivity index (χ4v) is 6.32. The summed E-state index contributed by atoms with van der Waals surface area (Å²) >= 11 is 5.80. The third kappa shape index (κ3) is 6.30. The Kier molecular flexibility index (Phi) is 9.48. The number of carbonyl (C=O) groups is 3. The van der Waals surface area contributed by atoms with Crippen molar-refractivity contribution in [3.05, 3.63) is 64.6 Å². The molecule has 1 unspecified atom stereocenters. The highest BCUT2D eigenvalue weighted by atomic mass is 35.5. The molecule has 0 bridgehead atoms. The van der Waals surface area contributed by atoms with Crippen LogP contribution in [-0.2, 0) is 41.0 Å². The fraction of sp³-hybridized carbons (Fsp3) is 0.370. The van der Waals surface area contributed by atoms with Gasteiger partial charge in [0.15, 0.2) is 0 Å². The number of nitrogens with zero attached hydrogens (tertiary/aromatic N) is 2. The normalized spacial score (nSPS) is 18.3. The summed E-state index contributed by atoms with van der Waals surface area (Å²) in [5.74, 6) is -2.59. The lowest BCUT2D eigenvalue weighted by Crippen LogP contribution is -2.46. The minimum atomic E-state index is -3.69. The van der Waals surface area contributed by atoms with Gasteiger partial charge in [0.2, 0.25) is 11.8 Å². The van der Waals surface area contributed by atoms with Crippen LogP contribution in [0.15, 0.2) is 42.6 Å². The first-order chi connectivity index (χ1) is 19.5. The summed E-state index contributed by atoms with van der Waals surface area (Å²) in [5.41, 5.74) is 0.638. The fourth-order valence-electron chi connectivity index (χ4n) is 4.79. The first-order valence-electron chi connectivity index (χ1n) is 12.7. The van der Waals surface area contributed by atoms with Crippen molar-refractivity contribution in [1.29, 1.82) is 0 Å². The maximum atomic E-state index is 14.5. The van der Waals surface area contributed by atoms with Gasteiger partial charge in [-0.15, -0.1) is 0 Å². The zero-order valence-corrected chi connectivity index (χ0v) is 24.2. The molecule has 1 aromatic heterocycles. The molecular weight excluding hydrogens is 583 g/mol. The summed E-state index contributed by atoms with van der Waals surface area (Å²) in [4.78, 5) is 40.0. The molecule has 1 aliphatic heterocycles. The zero-order valence-electron chi connectivity index (χ0n) is 22.6. The van der Waals surface area contributed by atoms with Crippen LogP contribution in [0.3, 0.4) is 0 Å². The van der Waals surface area contributed by atoms with Gasteiger partial charge < -0.3 is 28.6 Å². The van der Waals surface area contributed by atoms with E-state index in [0.29, 0.717) is 10.9 Å². The number of aromatic nitrogens is 1. The maximum Gasteiger partial charge on any atom is 0.361 e. The Labute approximate surface area is 240 Å². The smallest absolute Gasteiger partial charge is 0.361 e. The predicted octanol–water partition coefficient (Wildman–Crippen LogP) is 3.98. The van der Waals surface area contributed by atoms with Crippen LogP contribution in [0.1, 0.15) is 29.3 Å². The Morgan fingerprint density at radius 1 is 1.20 bits per heavy atom. The molecule has 3 aromatic rings. The molecule has 1 N–H and O–H groups in total. The van der Waals surface area contributed by atoms with E-state index < -0.39 is 43.4 Å². The number of ether oxygens (including phenoxy) is 1. The van der Waals surface area contributed by atoms with Crippen LogP contribution in [0, 0.1) is 5.82 Å². The van der Waals surface area contributed by atoms with E-state index in [0.717, 1.165) is 4.90 Å². The van der Waals surface area contributed by atoms with Gasteiger partial charge in [-0.05, 0) is 25.1 Å². The number of hydrogen-bond donors (Lipinski definition) is 1. The van der Waals surface area contributed by atoms with Crippen LogP contribution in [0.4, 0.5) is 8.78 Å². The molecule has 1 aliphatic rings. The van der Waals surface area contributed by atoms with Crippen molar-refractivity contribution in [2.45, 2.75) is 38.6 Å². The van der Waals surface area contributed by atoms with Crippen LogP contribution in [-0.4, -0.2) is 66.8 Å². The van der Waals surface area contributed by atoms with E-state index in [4.69, 9.17) is 25.4 Å². The van der Waals surface area contributed by atoms with Gasteiger partial charge in [-0.25, -0.2) is 13.6 Å². The molecule has 0 aliphatic carbocycles. The molecule has 0 spiro atoms. The molecule has 220 valence electrons. The van der Waals surface area contributed by atoms with Gasteiger partial charge in [0.1, 0.15) is 24.6 Å². The number of hydrogen-bond acceptors (Lipinski definition) is 7. The summed E-state index contributed by atoms with van der Waals surface area (Å²) in [5, 5.41) is 3.06. The van der Waals surface area contributed by atoms with Crippen molar-refractivity contribution < 1.29 is 41.5 Å². The number of esters is 1. The van der Waals surface area contributed by atoms with Gasteiger partial charge in [-0.1, -0.05) is 29.8 Å². The molecule has 1 fully saturated rings. The summed E-state index contributed by atoms with van der Waals surface area (Å²) in [7, 11) is -1.23. The van der Waals surface area contributed by atoms with Crippen molar-refractivity contribution in [1.82, 2.24) is 14.8 Å². The van der Waals surface area contributed by atoms with Crippen molar-refractivity contribution in [2.75, 3.05) is 27.4 Å². The van der Waals surface area contributed by atoms with E-state index in [1.165, 1.54) is 55.3 Å². The molecule has 4 rings (SSSR count). The minimum absolute atomic E-state index is 0.102. The van der Waals surface area contributed by atoms with Crippen LogP contribution < -0.4 is 10.6 Å². The van der Waals surface area contributed by atoms with Crippen LogP contribution >= 0.6 is 19.2 Å². The van der Waals surface area contributed by atoms with Gasteiger partial charge in [-0.3, -0.25) is 14.2 Å². The topological polar surface area (TPSA) is 116 Å². The van der Waals surface area contributed by atoms with Gasteiger partial charge in [-0.2, -0.15) is 0 Å². The quantitative estimate of drug-likeness (QED) is 0.272. The molecule has 2 heterocycles. The van der Waals surface area contributed by atoms with Crippen molar-refractivity contribution in [3.63, 3.8) is 0 Å². The van der Waals surface area contributed by atoms with E-state index in [1.54, 1.807) is 13.0 Å². The Morgan fingerprint density at radius 2 is 1.95 bits per heavy atom. The van der Waals surface area contributed by atoms with Crippen molar-refractivity contribution >= 4 is 53.2 Å². The number of methoxy groups -OCH3 is 1. The van der Waals surface area contributed by atoms with E-state index in [9.17, 15) is 27.7 Å². The van der Waals surface area contributed by atoms with Crippen LogP contribution in [0.2, 0.25) is 5.02 Å². The number of halogens is 3. The standard InChI is InChI=1S/C27H29ClF2N3O7P/c1-4-40-41(37,39-3)18-8-9-19-20(27(36)38-2)14-32(22(19)11-18)15-24(34)33-13-17(29)10-23(33)26(35)31-12-16-6-5-7-21(28)25(16)30/h5-9,11,14,17,23H,4,10,12-13,15H2,1-3H3,(H,31,35)/t17-,23+,41?/m1/s1. The Balaban J connectivity index is 1.61. The van der Waals surface area contributed by atoms with E-state index in [-0.39, 0.29) is 54.1 Å². The number of likely N-dealkylation sites (tertiary alicyclic amines) is 1. The van der Waals surface area contributed by atoms with E-state index >= 15 is 0 Å². The predicted molar refractivity (Wildman–Crippen MR) is 147 cm³/mol. The molecule has 2 amide bonds. The highest BCUT2D eigenvalue weighted by molar-refractivity contribution is 7.62. The average molecular weight is 612 g/mol. The molecule has 41 heavy (non-hydrogen) atoms. The summed E-state index contributed by atoms with van der Waals surface area (Å²) in [6.07, 6.45) is -0.281. The summed E-state index contributed by atoms with van der Waals surface area (Å²) in [6.45, 7) is 0.881. The Hall–Kier alpha value is -3.31. The first kappa shape index (κ1) is 30.6. The number of benzene rings is 2. The second kappa shape index (κ2) is 12.7. The molecule has 10 nitrogen and oxygen atoms in total. The summed E-state index contributed by atoms with van der Waals surface area (Å²) < 4.78 is 58.7. The largest absolute Gasteiger partial charge is 0.465 e. The lowest BCUT2D eigenvalue weighted by atomic mass is 10.1. The Bertz CT molecular complexity index is 1530. The molecule has 14 heteroatoms. The average Bonchev–Trinajstić information content (AvgIpc) is 3.53. The summed E-state index contributed by atoms with van der Waals surface area (Å²) in [6, 6.07) is 7.75. The van der Waals surface area contributed by atoms with Gasteiger partial charge in [0.05, 0.1) is 41.7 Å². The minimum Gasteiger partial charge on any atom is -0.465 e. The molecule has 3 atom stereocenters. The number of nitrogens with one attached hydrogen (secondary N) is 1. The number of rotatable bonds is 10. The molecule has 0 radical (unpaired) electrons. The first-order valence-corrected chi connectivity index (χ1v) is 14.6. The maximum absolute atomic E-state index is 14.5. The van der Waals surface area contributed by atoms with E-state index in [1.807, 2.05) is 0 Å². The number of carbonyl (C=O) groups excluding carboxylic acids is 3. The monoisotopic (exact) mass is 611 g/mol. The highest BCUT2D eigenvalue weighted by Gasteiger charge is 2.40. The zero-order chi connectivity index (χ0) is 29.9. The van der Waals surface area contributed by atoms with Crippen LogP contribution in [0.5, 0.6) is 0 Å². The number of fused-ring (bicyclic) bond motifs is 1. The SMILES string of the molecule is CCOP(=O)(OC)c1ccc2c(C(=O)OC)cn(CC(=O)N3C[C@H](F)C[C@H]3C(=O)NCc3cccc(Cl)c3F)c2c1. The van der Waals surface area contributed by atoms with Crippen molar-refractivity contribution in [2.24, 2.45) is 0 Å². The molecular formula is C27H29ClF2N3O7P. The lowest BCUT2D eigenvalue weighted by molar-refractivity contribution is -0.139. The van der Waals surface area contributed by atoms with Crippen LogP contribution in [0.25, 0.3) is 10.9 Å². The number of amides is 2. The second-order valence-electron chi connectivity index (χ2n) is 9.29. The third-order valence-electron chi connectivity index (χ3n) is 6.79.